The van der Waals surface area contributed by atoms with Gasteiger partial charge in [0.2, 0.25) is 5.91 Å². The molecule has 5 heterocycles. The van der Waals surface area contributed by atoms with Gasteiger partial charge in [0, 0.05) is 70.1 Å². The van der Waals surface area contributed by atoms with Crippen LogP contribution in [0.1, 0.15) is 69.0 Å². The Kier molecular flexibility index (Phi) is 8.97. The summed E-state index contributed by atoms with van der Waals surface area (Å²) in [7, 11) is 0. The van der Waals surface area contributed by atoms with Gasteiger partial charge < -0.3 is 31.1 Å². The van der Waals surface area contributed by atoms with E-state index in [2.05, 4.69) is 27.5 Å². The van der Waals surface area contributed by atoms with E-state index >= 15 is 0 Å². The Labute approximate surface area is 261 Å². The zero-order chi connectivity index (χ0) is 31.9. The lowest BCUT2D eigenvalue weighted by Crippen LogP contribution is -2.36. The van der Waals surface area contributed by atoms with Crippen molar-refractivity contribution in [2.24, 2.45) is 11.8 Å². The van der Waals surface area contributed by atoms with Gasteiger partial charge in [0.05, 0.1) is 6.04 Å². The summed E-state index contributed by atoms with van der Waals surface area (Å²) < 4.78 is 0. The lowest BCUT2D eigenvalue weighted by molar-refractivity contribution is -0.138. The number of rotatable bonds is 12. The molecule has 0 aromatic carbocycles. The molecule has 6 N–H and O–H groups in total. The third-order valence-corrected chi connectivity index (χ3v) is 10.4. The van der Waals surface area contributed by atoms with E-state index in [1.54, 1.807) is 6.08 Å². The molecule has 0 radical (unpaired) electrons. The molecule has 4 aliphatic rings. The molecule has 44 heavy (non-hydrogen) atoms. The quantitative estimate of drug-likeness (QED) is 0.191. The van der Waals surface area contributed by atoms with E-state index in [0.29, 0.717) is 30.1 Å². The highest BCUT2D eigenvalue weighted by atomic mass is 32.2. The Morgan fingerprint density at radius 3 is 2.25 bits per heavy atom. The van der Waals surface area contributed by atoms with Crippen LogP contribution in [0.5, 0.6) is 0 Å². The van der Waals surface area contributed by atoms with Gasteiger partial charge in [-0.2, -0.15) is 11.8 Å². The molecule has 11 heteroatoms. The maximum Gasteiger partial charge on any atom is 0.303 e. The highest BCUT2D eigenvalue weighted by Gasteiger charge is 2.45. The number of allylic oxidation sites excluding steroid dienone is 2. The van der Waals surface area contributed by atoms with Crippen LogP contribution in [0.3, 0.4) is 0 Å². The van der Waals surface area contributed by atoms with Crippen molar-refractivity contribution in [3.05, 3.63) is 68.9 Å². The molecule has 4 aliphatic heterocycles. The lowest BCUT2D eigenvalue weighted by Gasteiger charge is -2.20. The molecular weight excluding hydrogens is 580 g/mol. The molecule has 0 spiro atoms. The van der Waals surface area contributed by atoms with Crippen LogP contribution in [0.15, 0.2) is 46.3 Å². The molecule has 2 amide bonds. The Hall–Kier alpha value is -3.99. The first kappa shape index (κ1) is 31.4. The molecule has 1 aromatic rings. The number of aromatic nitrogens is 1. The fourth-order valence-corrected chi connectivity index (χ4v) is 7.57. The Morgan fingerprint density at radius 1 is 0.977 bits per heavy atom. The van der Waals surface area contributed by atoms with E-state index in [1.807, 2.05) is 51.6 Å². The van der Waals surface area contributed by atoms with Crippen LogP contribution in [-0.4, -0.2) is 62.0 Å². The molecule has 1 aromatic heterocycles. The van der Waals surface area contributed by atoms with Crippen molar-refractivity contribution < 1.29 is 29.4 Å². The number of carbonyl (C=O) groups is 4. The van der Waals surface area contributed by atoms with Crippen LogP contribution in [0.25, 0.3) is 12.2 Å². The summed E-state index contributed by atoms with van der Waals surface area (Å²) in [5.74, 6) is -0.900. The molecule has 10 nitrogen and oxygen atoms in total. The number of nitrogens with one attached hydrogen (secondary N) is 4. The summed E-state index contributed by atoms with van der Waals surface area (Å²) in [6.45, 7) is 11.6. The predicted molar refractivity (Wildman–Crippen MR) is 170 cm³/mol. The second-order valence-corrected chi connectivity index (χ2v) is 13.4. The molecule has 2 fully saturated rings. The Morgan fingerprint density at radius 2 is 1.64 bits per heavy atom. The largest absolute Gasteiger partial charge is 0.481 e. The molecule has 2 saturated heterocycles. The maximum atomic E-state index is 12.6. The first-order valence-corrected chi connectivity index (χ1v) is 16.1. The number of aliphatic carboxylic acids is 2. The van der Waals surface area contributed by atoms with Crippen LogP contribution in [0.4, 0.5) is 0 Å². The van der Waals surface area contributed by atoms with Gasteiger partial charge in [-0.1, -0.05) is 19.6 Å². The van der Waals surface area contributed by atoms with Crippen molar-refractivity contribution in [2.45, 2.75) is 77.1 Å². The first-order chi connectivity index (χ1) is 20.9. The minimum absolute atomic E-state index is 0.0139. The topological polar surface area (TPSA) is 161 Å². The number of hydrogen-bond donors (Lipinski definition) is 6. The number of H-pyrrole nitrogens is 1. The number of carboxylic acid groups (broad SMARTS) is 2. The van der Waals surface area contributed by atoms with Gasteiger partial charge in [-0.25, -0.2) is 0 Å². The first-order valence-electron chi connectivity index (χ1n) is 15.0. The SMILES string of the molecule is C=CC1=C(C)[C@@H](CC2N/C(=C\c3[nH]c(/C=C4/NC(=O)[C@H](C)[C@H]4[C@H]4CS4)c(C)c3CCC(=O)O)C(CCC(=O)O)=C2C)NC1=O. The van der Waals surface area contributed by atoms with Crippen LogP contribution in [-0.2, 0) is 25.6 Å². The summed E-state index contributed by atoms with van der Waals surface area (Å²) in [6.07, 6.45) is 6.64. The van der Waals surface area contributed by atoms with E-state index in [1.165, 1.54) is 0 Å². The zero-order valence-electron chi connectivity index (χ0n) is 25.5. The van der Waals surface area contributed by atoms with Crippen LogP contribution in [0.2, 0.25) is 0 Å². The van der Waals surface area contributed by atoms with E-state index in [4.69, 9.17) is 0 Å². The van der Waals surface area contributed by atoms with Crippen molar-refractivity contribution in [3.8, 4) is 0 Å². The standard InChI is InChI=1S/C33H40N4O6S/c1-6-19-15(2)24(36-33(19)43)11-22-16(3)20(7-9-29(38)39)25(34-22)13-26-21(8-10-30(40)41)17(4)23(35-26)12-27-31(28-14-44-28)18(5)32(42)37-27/h6,12-13,18,22,24,28,31,34-35H,1,7-11,14H2,2-5H3,(H,36,43)(H,37,42)(H,38,39)(H,40,41)/b25-13-,27-12+/t18-,22?,24-,28-,31-/m1/s1. The zero-order valence-corrected chi connectivity index (χ0v) is 26.3. The van der Waals surface area contributed by atoms with Crippen LogP contribution < -0.4 is 16.0 Å². The summed E-state index contributed by atoms with van der Waals surface area (Å²) in [5, 5.41) is 29.0. The van der Waals surface area contributed by atoms with Crippen LogP contribution in [0, 0.1) is 18.8 Å². The Balaban J connectivity index is 1.51. The fourth-order valence-electron chi connectivity index (χ4n) is 6.66. The highest BCUT2D eigenvalue weighted by molar-refractivity contribution is 8.06. The Bertz CT molecular complexity index is 1560. The van der Waals surface area contributed by atoms with Crippen molar-refractivity contribution in [1.29, 1.82) is 0 Å². The summed E-state index contributed by atoms with van der Waals surface area (Å²) in [4.78, 5) is 51.6. The molecule has 5 rings (SSSR count). The lowest BCUT2D eigenvalue weighted by atomic mass is 9.91. The van der Waals surface area contributed by atoms with E-state index in [0.717, 1.165) is 56.4 Å². The third-order valence-electron chi connectivity index (χ3n) is 9.38. The summed E-state index contributed by atoms with van der Waals surface area (Å²) >= 11 is 1.85. The van der Waals surface area contributed by atoms with Gasteiger partial charge >= 0.3 is 11.9 Å². The normalized spacial score (nSPS) is 28.1. The smallest absolute Gasteiger partial charge is 0.303 e. The molecule has 5 atom stereocenters. The molecule has 0 aliphatic carbocycles. The molecule has 0 bridgehead atoms. The fraction of sp³-hybridized carbons (Fsp3) is 0.455. The monoisotopic (exact) mass is 620 g/mol. The van der Waals surface area contributed by atoms with Crippen molar-refractivity contribution in [1.82, 2.24) is 20.9 Å². The minimum atomic E-state index is -0.898. The van der Waals surface area contributed by atoms with E-state index < -0.39 is 11.9 Å². The van der Waals surface area contributed by atoms with Crippen molar-refractivity contribution in [3.63, 3.8) is 0 Å². The van der Waals surface area contributed by atoms with Crippen molar-refractivity contribution in [2.75, 3.05) is 5.75 Å². The second kappa shape index (κ2) is 12.6. The average Bonchev–Trinajstić information content (AvgIpc) is 3.53. The highest BCUT2D eigenvalue weighted by Crippen LogP contribution is 2.46. The molecule has 1 unspecified atom stereocenters. The van der Waals surface area contributed by atoms with Gasteiger partial charge in [-0.15, -0.1) is 0 Å². The minimum Gasteiger partial charge on any atom is -0.481 e. The van der Waals surface area contributed by atoms with Crippen LogP contribution >= 0.6 is 11.8 Å². The number of thioether (sulfide) groups is 1. The second-order valence-electron chi connectivity index (χ2n) is 12.1. The number of carbonyl (C=O) groups excluding carboxylic acids is 2. The van der Waals surface area contributed by atoms with E-state index in [9.17, 15) is 29.4 Å². The van der Waals surface area contributed by atoms with Crippen molar-refractivity contribution >= 4 is 47.7 Å². The summed E-state index contributed by atoms with van der Waals surface area (Å²) in [5.41, 5.74) is 8.39. The number of amides is 2. The number of hydrogen-bond acceptors (Lipinski definition) is 6. The molecule has 234 valence electrons. The average molecular weight is 621 g/mol. The van der Waals surface area contributed by atoms with E-state index in [-0.39, 0.29) is 48.6 Å². The van der Waals surface area contributed by atoms with Gasteiger partial charge in [0.1, 0.15) is 0 Å². The van der Waals surface area contributed by atoms with Gasteiger partial charge in [0.15, 0.2) is 0 Å². The van der Waals surface area contributed by atoms with Gasteiger partial charge in [0.25, 0.3) is 5.91 Å². The molecular formula is C33H40N4O6S. The number of carboxylic acids is 2. The van der Waals surface area contributed by atoms with Gasteiger partial charge in [-0.05, 0) is 80.0 Å². The third kappa shape index (κ3) is 6.29. The predicted octanol–water partition coefficient (Wildman–Crippen LogP) is 4.06. The number of aromatic amines is 1. The maximum absolute atomic E-state index is 12.6. The molecule has 0 saturated carbocycles. The summed E-state index contributed by atoms with van der Waals surface area (Å²) in [6, 6.07) is -0.316. The van der Waals surface area contributed by atoms with Gasteiger partial charge in [-0.3, -0.25) is 19.2 Å².